The molecule has 0 saturated heterocycles. The number of hydrogen-bond donors (Lipinski definition) is 1. The Morgan fingerprint density at radius 3 is 2.67 bits per heavy atom. The van der Waals surface area contributed by atoms with Crippen molar-refractivity contribution in [3.05, 3.63) is 23.0 Å². The van der Waals surface area contributed by atoms with Gasteiger partial charge in [-0.3, -0.25) is 4.79 Å². The van der Waals surface area contributed by atoms with Crippen molar-refractivity contribution in [2.24, 2.45) is 5.92 Å². The number of nitrogen functional groups attached to an aromatic ring is 1. The summed E-state index contributed by atoms with van der Waals surface area (Å²) >= 11 is 5.79. The van der Waals surface area contributed by atoms with E-state index in [1.807, 2.05) is 6.92 Å². The molecule has 5 heteroatoms. The molecule has 0 aliphatic heterocycles. The van der Waals surface area contributed by atoms with E-state index >= 15 is 0 Å². The molecule has 0 spiro atoms. The molecule has 1 amide bonds. The normalized spacial score (nSPS) is 12.6. The largest absolute Gasteiger partial charge is 0.397 e. The summed E-state index contributed by atoms with van der Waals surface area (Å²) in [6.07, 6.45) is 2.36. The maximum Gasteiger partial charge on any atom is 0.256 e. The lowest BCUT2D eigenvalue weighted by Gasteiger charge is -2.26. The van der Waals surface area contributed by atoms with Crippen molar-refractivity contribution in [3.8, 4) is 0 Å². The minimum Gasteiger partial charge on any atom is -0.397 e. The van der Waals surface area contributed by atoms with Crippen molar-refractivity contribution in [1.29, 1.82) is 0 Å². The number of nitrogens with two attached hydrogens (primary N) is 1. The molecule has 1 unspecified atom stereocenters. The van der Waals surface area contributed by atoms with Gasteiger partial charge >= 0.3 is 0 Å². The molecule has 100 valence electrons. The first-order chi connectivity index (χ1) is 8.32. The number of carbonyl (C=O) groups is 1. The molecule has 0 bridgehead atoms. The zero-order chi connectivity index (χ0) is 13.9. The Kier molecular flexibility index (Phi) is 4.96. The van der Waals surface area contributed by atoms with Crippen LogP contribution in [0, 0.1) is 5.92 Å². The molecule has 18 heavy (non-hydrogen) atoms. The van der Waals surface area contributed by atoms with Crippen LogP contribution in [-0.4, -0.2) is 28.9 Å². The molecule has 1 heterocycles. The SMILES string of the molecule is CC(C)CC(C)N(C)C(=O)c1cc(Cl)ncc1N. The number of rotatable bonds is 4. The van der Waals surface area contributed by atoms with Crippen LogP contribution in [0.2, 0.25) is 5.15 Å². The number of aromatic nitrogens is 1. The molecule has 0 saturated carbocycles. The second-order valence-electron chi connectivity index (χ2n) is 4.99. The van der Waals surface area contributed by atoms with Gasteiger partial charge in [-0.15, -0.1) is 0 Å². The monoisotopic (exact) mass is 269 g/mol. The molecule has 1 aromatic heterocycles. The highest BCUT2D eigenvalue weighted by molar-refractivity contribution is 6.29. The van der Waals surface area contributed by atoms with Crippen LogP contribution in [0.4, 0.5) is 5.69 Å². The first-order valence-corrected chi connectivity index (χ1v) is 6.39. The van der Waals surface area contributed by atoms with E-state index in [1.54, 1.807) is 11.9 Å². The highest BCUT2D eigenvalue weighted by Gasteiger charge is 2.20. The van der Waals surface area contributed by atoms with E-state index < -0.39 is 0 Å². The number of anilines is 1. The van der Waals surface area contributed by atoms with Crippen molar-refractivity contribution in [1.82, 2.24) is 9.88 Å². The number of carbonyl (C=O) groups excluding carboxylic acids is 1. The molecule has 1 atom stereocenters. The summed E-state index contributed by atoms with van der Waals surface area (Å²) < 4.78 is 0. The van der Waals surface area contributed by atoms with Crippen LogP contribution >= 0.6 is 11.6 Å². The molecule has 2 N–H and O–H groups in total. The second-order valence-corrected chi connectivity index (χ2v) is 5.38. The molecule has 0 radical (unpaired) electrons. The summed E-state index contributed by atoms with van der Waals surface area (Å²) in [7, 11) is 1.78. The molecule has 1 aromatic rings. The summed E-state index contributed by atoms with van der Waals surface area (Å²) in [4.78, 5) is 17.8. The molecule has 1 rings (SSSR count). The second kappa shape index (κ2) is 6.05. The third-order valence-electron chi connectivity index (χ3n) is 2.93. The molecule has 4 nitrogen and oxygen atoms in total. The first-order valence-electron chi connectivity index (χ1n) is 6.01. The predicted molar refractivity (Wildman–Crippen MR) is 74.7 cm³/mol. The van der Waals surface area contributed by atoms with Gasteiger partial charge in [-0.05, 0) is 25.3 Å². The van der Waals surface area contributed by atoms with E-state index in [-0.39, 0.29) is 17.1 Å². The number of pyridine rings is 1. The smallest absolute Gasteiger partial charge is 0.256 e. The number of halogens is 1. The van der Waals surface area contributed by atoms with Gasteiger partial charge in [-0.25, -0.2) is 4.98 Å². The van der Waals surface area contributed by atoms with Gasteiger partial charge in [0.1, 0.15) is 5.15 Å². The minimum absolute atomic E-state index is 0.120. The molecule has 0 aliphatic carbocycles. The highest BCUT2D eigenvalue weighted by Crippen LogP contribution is 2.19. The molecular weight excluding hydrogens is 250 g/mol. The third-order valence-corrected chi connectivity index (χ3v) is 3.13. The maximum absolute atomic E-state index is 12.3. The average Bonchev–Trinajstić information content (AvgIpc) is 2.29. The Bertz CT molecular complexity index is 434. The first kappa shape index (κ1) is 14.8. The highest BCUT2D eigenvalue weighted by atomic mass is 35.5. The maximum atomic E-state index is 12.3. The Labute approximate surface area is 113 Å². The number of nitrogens with zero attached hydrogens (tertiary/aromatic N) is 2. The third kappa shape index (κ3) is 3.60. The van der Waals surface area contributed by atoms with Crippen LogP contribution in [0.25, 0.3) is 0 Å². The Balaban J connectivity index is 2.89. The number of hydrogen-bond acceptors (Lipinski definition) is 3. The lowest BCUT2D eigenvalue weighted by atomic mass is 10.0. The number of amides is 1. The van der Waals surface area contributed by atoms with Crippen molar-refractivity contribution in [2.75, 3.05) is 12.8 Å². The van der Waals surface area contributed by atoms with Gasteiger partial charge in [0.25, 0.3) is 5.91 Å². The summed E-state index contributed by atoms with van der Waals surface area (Å²) in [5.74, 6) is 0.415. The standard InChI is InChI=1S/C13H20ClN3O/c1-8(2)5-9(3)17(4)13(18)10-6-12(14)16-7-11(10)15/h6-9H,5,15H2,1-4H3. The van der Waals surface area contributed by atoms with E-state index in [2.05, 4.69) is 18.8 Å². The zero-order valence-electron chi connectivity index (χ0n) is 11.3. The van der Waals surface area contributed by atoms with Gasteiger partial charge in [0.05, 0.1) is 17.4 Å². The predicted octanol–water partition coefficient (Wildman–Crippen LogP) is 2.82. The van der Waals surface area contributed by atoms with Crippen LogP contribution in [0.3, 0.4) is 0 Å². The lowest BCUT2D eigenvalue weighted by molar-refractivity contribution is 0.0729. The van der Waals surface area contributed by atoms with E-state index in [0.717, 1.165) is 6.42 Å². The molecule has 0 aromatic carbocycles. The van der Waals surface area contributed by atoms with Gasteiger partial charge in [0, 0.05) is 13.1 Å². The van der Waals surface area contributed by atoms with Gasteiger partial charge in [0.2, 0.25) is 0 Å². The van der Waals surface area contributed by atoms with Gasteiger partial charge in [0.15, 0.2) is 0 Å². The summed E-state index contributed by atoms with van der Waals surface area (Å²) in [5, 5.41) is 0.275. The zero-order valence-corrected chi connectivity index (χ0v) is 12.0. The van der Waals surface area contributed by atoms with Crippen LogP contribution < -0.4 is 5.73 Å². The quantitative estimate of drug-likeness (QED) is 0.855. The molecule has 0 aliphatic rings. The summed E-state index contributed by atoms with van der Waals surface area (Å²) in [6.45, 7) is 6.29. The van der Waals surface area contributed by atoms with Gasteiger partial charge in [-0.1, -0.05) is 25.4 Å². The Morgan fingerprint density at radius 1 is 1.50 bits per heavy atom. The fourth-order valence-electron chi connectivity index (χ4n) is 1.86. The van der Waals surface area contributed by atoms with Gasteiger partial charge in [-0.2, -0.15) is 0 Å². The van der Waals surface area contributed by atoms with E-state index in [1.165, 1.54) is 12.3 Å². The Hall–Kier alpha value is -1.29. The average molecular weight is 270 g/mol. The fourth-order valence-corrected chi connectivity index (χ4v) is 2.01. The van der Waals surface area contributed by atoms with Crippen molar-refractivity contribution in [2.45, 2.75) is 33.2 Å². The van der Waals surface area contributed by atoms with E-state index in [0.29, 0.717) is 17.2 Å². The van der Waals surface area contributed by atoms with Crippen LogP contribution in [0.5, 0.6) is 0 Å². The minimum atomic E-state index is -0.120. The fraction of sp³-hybridized carbons (Fsp3) is 0.538. The lowest BCUT2D eigenvalue weighted by Crippen LogP contribution is -2.36. The van der Waals surface area contributed by atoms with E-state index in [4.69, 9.17) is 17.3 Å². The molecular formula is C13H20ClN3O. The summed E-state index contributed by atoms with van der Waals surface area (Å²) in [5.41, 5.74) is 6.53. The Morgan fingerprint density at radius 2 is 2.11 bits per heavy atom. The van der Waals surface area contributed by atoms with Crippen LogP contribution in [-0.2, 0) is 0 Å². The van der Waals surface area contributed by atoms with Crippen molar-refractivity contribution in [3.63, 3.8) is 0 Å². The van der Waals surface area contributed by atoms with Crippen LogP contribution in [0.1, 0.15) is 37.6 Å². The van der Waals surface area contributed by atoms with Crippen LogP contribution in [0.15, 0.2) is 12.3 Å². The summed E-state index contributed by atoms with van der Waals surface area (Å²) in [6, 6.07) is 1.67. The topological polar surface area (TPSA) is 59.2 Å². The molecule has 0 fully saturated rings. The van der Waals surface area contributed by atoms with E-state index in [9.17, 15) is 4.79 Å². The van der Waals surface area contributed by atoms with Gasteiger partial charge < -0.3 is 10.6 Å². The van der Waals surface area contributed by atoms with Crippen molar-refractivity contribution < 1.29 is 4.79 Å². The van der Waals surface area contributed by atoms with Crippen molar-refractivity contribution >= 4 is 23.2 Å².